The molecular weight excluding hydrogens is 373 g/mol. The van der Waals surface area contributed by atoms with Crippen LogP contribution in [0.15, 0.2) is 0 Å². The Bertz CT molecular complexity index is 700. The average molecular weight is 393 g/mol. The van der Waals surface area contributed by atoms with Crippen molar-refractivity contribution in [1.29, 1.82) is 0 Å². The Kier molecular flexibility index (Phi) is 5.45. The number of hydrogen-bond donors (Lipinski definition) is 1. The second-order valence-corrected chi connectivity index (χ2v) is 7.04. The van der Waals surface area contributed by atoms with Crippen molar-refractivity contribution in [3.05, 3.63) is 16.4 Å². The van der Waals surface area contributed by atoms with Gasteiger partial charge in [-0.15, -0.1) is 0 Å². The number of amides is 2. The van der Waals surface area contributed by atoms with Crippen molar-refractivity contribution in [2.45, 2.75) is 50.7 Å². The Morgan fingerprint density at radius 3 is 2.65 bits per heavy atom. The van der Waals surface area contributed by atoms with Crippen molar-refractivity contribution in [3.63, 3.8) is 0 Å². The molecule has 0 bridgehead atoms. The fraction of sp³-hybridized carbons (Fsp3) is 0.688. The quantitative estimate of drug-likeness (QED) is 0.725. The number of aromatic nitrogens is 2. The van der Waals surface area contributed by atoms with Crippen LogP contribution in [0.4, 0.5) is 13.2 Å². The first-order chi connectivity index (χ1) is 12.3. The normalized spacial score (nSPS) is 17.8. The molecule has 144 valence electrons. The topological polar surface area (TPSA) is 67.2 Å². The molecule has 1 saturated heterocycles. The molecule has 3 rings (SSSR count). The van der Waals surface area contributed by atoms with E-state index in [4.69, 9.17) is 11.6 Å². The summed E-state index contributed by atoms with van der Waals surface area (Å²) >= 11 is 5.87. The molecular formula is C16H20ClF3N4O2. The standard InChI is InChI=1S/C16H20ClF3N4O2/c17-13-14(10-4-5-10)24(22-15(13)16(18,19)20)9-11(25)21-6-2-8-23-7-1-3-12(23)26/h10H,1-9H2,(H,21,25). The largest absolute Gasteiger partial charge is 0.436 e. The fourth-order valence-corrected chi connectivity index (χ4v) is 3.53. The van der Waals surface area contributed by atoms with Crippen molar-refractivity contribution in [1.82, 2.24) is 20.0 Å². The predicted octanol–water partition coefficient (Wildman–Crippen LogP) is 2.56. The van der Waals surface area contributed by atoms with E-state index in [1.807, 2.05) is 0 Å². The number of hydrogen-bond acceptors (Lipinski definition) is 3. The highest BCUT2D eigenvalue weighted by molar-refractivity contribution is 6.32. The summed E-state index contributed by atoms with van der Waals surface area (Å²) in [6, 6.07) is 0. The number of likely N-dealkylation sites (tertiary alicyclic amines) is 1. The minimum atomic E-state index is -4.65. The van der Waals surface area contributed by atoms with Gasteiger partial charge in [0.2, 0.25) is 11.8 Å². The number of carbonyl (C=O) groups is 2. The zero-order valence-electron chi connectivity index (χ0n) is 14.1. The second-order valence-electron chi connectivity index (χ2n) is 6.67. The van der Waals surface area contributed by atoms with Crippen LogP contribution in [-0.2, 0) is 22.3 Å². The minimum absolute atomic E-state index is 0.0694. The van der Waals surface area contributed by atoms with Crippen LogP contribution in [0, 0.1) is 0 Å². The zero-order valence-corrected chi connectivity index (χ0v) is 14.9. The average Bonchev–Trinajstić information content (AvgIpc) is 3.21. The molecule has 0 spiro atoms. The van der Waals surface area contributed by atoms with E-state index in [0.717, 1.165) is 30.5 Å². The molecule has 2 amide bonds. The van der Waals surface area contributed by atoms with E-state index < -0.39 is 22.8 Å². The van der Waals surface area contributed by atoms with Crippen molar-refractivity contribution in [3.8, 4) is 0 Å². The summed E-state index contributed by atoms with van der Waals surface area (Å²) < 4.78 is 40.1. The molecule has 6 nitrogen and oxygen atoms in total. The van der Waals surface area contributed by atoms with Gasteiger partial charge in [-0.1, -0.05) is 11.6 Å². The third kappa shape index (κ3) is 4.31. The second kappa shape index (κ2) is 7.46. The van der Waals surface area contributed by atoms with Crippen LogP contribution in [0.1, 0.15) is 49.4 Å². The Labute approximate surface area is 153 Å². The van der Waals surface area contributed by atoms with E-state index in [9.17, 15) is 22.8 Å². The molecule has 1 N–H and O–H groups in total. The lowest BCUT2D eigenvalue weighted by Gasteiger charge is -2.15. The highest BCUT2D eigenvalue weighted by atomic mass is 35.5. The van der Waals surface area contributed by atoms with Crippen molar-refractivity contribution in [2.75, 3.05) is 19.6 Å². The summed E-state index contributed by atoms with van der Waals surface area (Å²) in [4.78, 5) is 25.3. The van der Waals surface area contributed by atoms with Gasteiger partial charge in [-0.3, -0.25) is 14.3 Å². The lowest BCUT2D eigenvalue weighted by Crippen LogP contribution is -2.32. The SMILES string of the molecule is O=C(Cn1nc(C(F)(F)F)c(Cl)c1C1CC1)NCCCN1CCCC1=O. The molecule has 1 aliphatic carbocycles. The smallest absolute Gasteiger partial charge is 0.354 e. The highest BCUT2D eigenvalue weighted by Gasteiger charge is 2.42. The lowest BCUT2D eigenvalue weighted by molar-refractivity contribution is -0.141. The molecule has 10 heteroatoms. The highest BCUT2D eigenvalue weighted by Crippen LogP contribution is 2.46. The summed E-state index contributed by atoms with van der Waals surface area (Å²) in [5.41, 5.74) is -0.849. The van der Waals surface area contributed by atoms with Gasteiger partial charge in [0.25, 0.3) is 0 Å². The molecule has 1 aromatic rings. The fourth-order valence-electron chi connectivity index (χ4n) is 3.13. The molecule has 1 aromatic heterocycles. The lowest BCUT2D eigenvalue weighted by atomic mass is 10.2. The van der Waals surface area contributed by atoms with E-state index >= 15 is 0 Å². The molecule has 0 aromatic carbocycles. The zero-order chi connectivity index (χ0) is 18.9. The first-order valence-corrected chi connectivity index (χ1v) is 9.03. The van der Waals surface area contributed by atoms with Crippen LogP contribution >= 0.6 is 11.6 Å². The summed E-state index contributed by atoms with van der Waals surface area (Å²) in [6.07, 6.45) is -1.14. The van der Waals surface area contributed by atoms with E-state index in [2.05, 4.69) is 10.4 Å². The Hall–Kier alpha value is -1.77. The van der Waals surface area contributed by atoms with Crippen molar-refractivity contribution >= 4 is 23.4 Å². The van der Waals surface area contributed by atoms with Gasteiger partial charge < -0.3 is 10.2 Å². The van der Waals surface area contributed by atoms with Gasteiger partial charge in [-0.2, -0.15) is 18.3 Å². The first-order valence-electron chi connectivity index (χ1n) is 8.65. The van der Waals surface area contributed by atoms with Gasteiger partial charge in [0, 0.05) is 32.0 Å². The number of rotatable bonds is 7. The Morgan fingerprint density at radius 1 is 1.35 bits per heavy atom. The maximum atomic E-state index is 13.0. The Morgan fingerprint density at radius 2 is 2.08 bits per heavy atom. The van der Waals surface area contributed by atoms with Crippen molar-refractivity contribution in [2.24, 2.45) is 0 Å². The van der Waals surface area contributed by atoms with E-state index in [-0.39, 0.29) is 24.1 Å². The number of nitrogens with one attached hydrogen (secondary N) is 1. The summed E-state index contributed by atoms with van der Waals surface area (Å²) in [6.45, 7) is 1.36. The molecule has 1 aliphatic heterocycles. The van der Waals surface area contributed by atoms with E-state index in [0.29, 0.717) is 25.9 Å². The van der Waals surface area contributed by atoms with Crippen molar-refractivity contribution < 1.29 is 22.8 Å². The first kappa shape index (κ1) is 19.0. The summed E-state index contributed by atoms with van der Waals surface area (Å²) in [5, 5.41) is 5.79. The van der Waals surface area contributed by atoms with Gasteiger partial charge in [0.05, 0.1) is 10.7 Å². The summed E-state index contributed by atoms with van der Waals surface area (Å²) in [7, 11) is 0. The molecule has 1 saturated carbocycles. The third-order valence-corrected chi connectivity index (χ3v) is 4.93. The van der Waals surface area contributed by atoms with E-state index in [1.165, 1.54) is 0 Å². The third-order valence-electron chi connectivity index (χ3n) is 4.56. The Balaban J connectivity index is 1.54. The number of nitrogens with zero attached hydrogens (tertiary/aromatic N) is 3. The van der Waals surface area contributed by atoms with Gasteiger partial charge in [-0.25, -0.2) is 0 Å². The molecule has 2 heterocycles. The van der Waals surface area contributed by atoms with Gasteiger partial charge in [0.15, 0.2) is 5.69 Å². The van der Waals surface area contributed by atoms with Crippen LogP contribution in [0.25, 0.3) is 0 Å². The minimum Gasteiger partial charge on any atom is -0.354 e. The monoisotopic (exact) mass is 392 g/mol. The van der Waals surface area contributed by atoms with Crippen LogP contribution in [0.2, 0.25) is 5.02 Å². The maximum Gasteiger partial charge on any atom is 0.436 e. The van der Waals surface area contributed by atoms with Crippen LogP contribution in [0.3, 0.4) is 0 Å². The van der Waals surface area contributed by atoms with E-state index in [1.54, 1.807) is 4.90 Å². The molecule has 26 heavy (non-hydrogen) atoms. The predicted molar refractivity (Wildman–Crippen MR) is 87.7 cm³/mol. The van der Waals surface area contributed by atoms with Crippen LogP contribution in [0.5, 0.6) is 0 Å². The molecule has 2 aliphatic rings. The molecule has 0 atom stereocenters. The number of alkyl halides is 3. The molecule has 2 fully saturated rings. The number of halogens is 4. The van der Waals surface area contributed by atoms with Crippen LogP contribution < -0.4 is 5.32 Å². The van der Waals surface area contributed by atoms with Gasteiger partial charge in [0.1, 0.15) is 6.54 Å². The molecule has 0 unspecified atom stereocenters. The van der Waals surface area contributed by atoms with Crippen LogP contribution in [-0.4, -0.2) is 46.1 Å². The van der Waals surface area contributed by atoms with Gasteiger partial charge in [-0.05, 0) is 25.7 Å². The molecule has 0 radical (unpaired) electrons. The number of carbonyl (C=O) groups excluding carboxylic acids is 2. The maximum absolute atomic E-state index is 13.0. The van der Waals surface area contributed by atoms with Gasteiger partial charge >= 0.3 is 6.18 Å². The summed E-state index contributed by atoms with van der Waals surface area (Å²) in [5.74, 6) is -0.371.